The molecule has 0 aliphatic carbocycles. The van der Waals surface area contributed by atoms with Gasteiger partial charge in [-0.05, 0) is 26.0 Å². The molecule has 0 spiro atoms. The molecule has 0 bridgehead atoms. The summed E-state index contributed by atoms with van der Waals surface area (Å²) in [4.78, 5) is 12.9. The first-order valence-corrected chi connectivity index (χ1v) is 6.22. The molecule has 2 aromatic heterocycles. The molecule has 5 nitrogen and oxygen atoms in total. The molecule has 0 fully saturated rings. The van der Waals surface area contributed by atoms with E-state index in [-0.39, 0.29) is 6.10 Å². The first kappa shape index (κ1) is 13.4. The molecule has 0 aliphatic rings. The molecule has 2 aromatic rings. The fraction of sp³-hybridized carbons (Fsp3) is 0.357. The van der Waals surface area contributed by atoms with Crippen molar-refractivity contribution in [3.8, 4) is 11.4 Å². The van der Waals surface area contributed by atoms with Crippen LogP contribution in [0.4, 0.5) is 5.82 Å². The monoisotopic (exact) mass is 258 g/mol. The average molecular weight is 258 g/mol. The van der Waals surface area contributed by atoms with Gasteiger partial charge in [-0.3, -0.25) is 4.98 Å². The fourth-order valence-electron chi connectivity index (χ4n) is 1.62. The maximum atomic E-state index is 5.20. The highest BCUT2D eigenvalue weighted by molar-refractivity contribution is 5.56. The number of aryl methyl sites for hydroxylation is 1. The number of methoxy groups -OCH3 is 1. The summed E-state index contributed by atoms with van der Waals surface area (Å²) in [5.74, 6) is 1.51. The van der Waals surface area contributed by atoms with Crippen LogP contribution in [-0.2, 0) is 4.74 Å². The van der Waals surface area contributed by atoms with Gasteiger partial charge in [0.15, 0.2) is 5.82 Å². The Morgan fingerprint density at radius 3 is 2.68 bits per heavy atom. The van der Waals surface area contributed by atoms with Crippen LogP contribution in [0.15, 0.2) is 30.6 Å². The van der Waals surface area contributed by atoms with Gasteiger partial charge in [-0.15, -0.1) is 0 Å². The molecular weight excluding hydrogens is 240 g/mol. The third-order valence-electron chi connectivity index (χ3n) is 2.77. The van der Waals surface area contributed by atoms with E-state index in [1.807, 2.05) is 32.0 Å². The largest absolute Gasteiger partial charge is 0.380 e. The Kier molecular flexibility index (Phi) is 4.41. The van der Waals surface area contributed by atoms with E-state index in [1.54, 1.807) is 19.5 Å². The molecule has 2 rings (SSSR count). The van der Waals surface area contributed by atoms with Crippen LogP contribution < -0.4 is 5.32 Å². The summed E-state index contributed by atoms with van der Waals surface area (Å²) in [6.07, 6.45) is 3.61. The van der Waals surface area contributed by atoms with Crippen LogP contribution in [0.3, 0.4) is 0 Å². The Balaban J connectivity index is 2.20. The van der Waals surface area contributed by atoms with Crippen LogP contribution in [0.1, 0.15) is 12.6 Å². The van der Waals surface area contributed by atoms with Crippen LogP contribution in [0.5, 0.6) is 0 Å². The van der Waals surface area contributed by atoms with E-state index in [0.717, 1.165) is 17.1 Å². The Morgan fingerprint density at radius 2 is 2.00 bits per heavy atom. The minimum Gasteiger partial charge on any atom is -0.380 e. The lowest BCUT2D eigenvalue weighted by Crippen LogP contribution is -2.19. The number of nitrogens with zero attached hydrogens (tertiary/aromatic N) is 3. The summed E-state index contributed by atoms with van der Waals surface area (Å²) >= 11 is 0. The molecule has 0 amide bonds. The Hall–Kier alpha value is -2.01. The molecule has 5 heteroatoms. The second-order valence-electron chi connectivity index (χ2n) is 4.38. The van der Waals surface area contributed by atoms with Crippen LogP contribution in [-0.4, -0.2) is 34.7 Å². The maximum absolute atomic E-state index is 5.20. The van der Waals surface area contributed by atoms with Crippen molar-refractivity contribution in [2.24, 2.45) is 0 Å². The number of ether oxygens (including phenoxy) is 1. The minimum atomic E-state index is 0.139. The molecule has 100 valence electrons. The second-order valence-corrected chi connectivity index (χ2v) is 4.38. The highest BCUT2D eigenvalue weighted by Gasteiger charge is 2.06. The first-order valence-electron chi connectivity index (χ1n) is 6.22. The van der Waals surface area contributed by atoms with Crippen molar-refractivity contribution < 1.29 is 4.74 Å². The normalized spacial score (nSPS) is 12.2. The number of anilines is 1. The predicted octanol–water partition coefficient (Wildman–Crippen LogP) is 2.29. The van der Waals surface area contributed by atoms with E-state index in [2.05, 4.69) is 20.3 Å². The van der Waals surface area contributed by atoms with E-state index in [9.17, 15) is 0 Å². The lowest BCUT2D eigenvalue weighted by molar-refractivity contribution is 0.128. The average Bonchev–Trinajstić information content (AvgIpc) is 2.45. The molecule has 0 saturated carbocycles. The van der Waals surface area contributed by atoms with E-state index in [1.165, 1.54) is 0 Å². The molecule has 0 saturated heterocycles. The standard InChI is InChI=1S/C14H18N4O/c1-10-8-13(16-9-11(2)19-3)18-14(17-10)12-4-6-15-7-5-12/h4-8,11H,9H2,1-3H3,(H,16,17,18). The van der Waals surface area contributed by atoms with Gasteiger partial charge in [0.2, 0.25) is 0 Å². The summed E-state index contributed by atoms with van der Waals surface area (Å²) in [7, 11) is 1.69. The molecule has 19 heavy (non-hydrogen) atoms. The van der Waals surface area contributed by atoms with Crippen molar-refractivity contribution in [3.63, 3.8) is 0 Å². The first-order chi connectivity index (χ1) is 9.19. The van der Waals surface area contributed by atoms with Gasteiger partial charge >= 0.3 is 0 Å². The number of aromatic nitrogens is 3. The van der Waals surface area contributed by atoms with Crippen LogP contribution in [0, 0.1) is 6.92 Å². The zero-order chi connectivity index (χ0) is 13.7. The quantitative estimate of drug-likeness (QED) is 0.891. The summed E-state index contributed by atoms with van der Waals surface area (Å²) in [5.41, 5.74) is 1.89. The number of rotatable bonds is 5. The van der Waals surface area contributed by atoms with Crippen molar-refractivity contribution in [2.75, 3.05) is 19.0 Å². The zero-order valence-electron chi connectivity index (χ0n) is 11.4. The molecule has 1 unspecified atom stereocenters. The Labute approximate surface area is 113 Å². The van der Waals surface area contributed by atoms with Crippen LogP contribution >= 0.6 is 0 Å². The van der Waals surface area contributed by atoms with Gasteiger partial charge in [0.1, 0.15) is 5.82 Å². The lowest BCUT2D eigenvalue weighted by Gasteiger charge is -2.12. The Morgan fingerprint density at radius 1 is 1.26 bits per heavy atom. The summed E-state index contributed by atoms with van der Waals surface area (Å²) in [6, 6.07) is 5.72. The van der Waals surface area contributed by atoms with Gasteiger partial charge < -0.3 is 10.1 Å². The van der Waals surface area contributed by atoms with Crippen molar-refractivity contribution >= 4 is 5.82 Å². The lowest BCUT2D eigenvalue weighted by atomic mass is 10.2. The second kappa shape index (κ2) is 6.24. The predicted molar refractivity (Wildman–Crippen MR) is 75.0 cm³/mol. The number of pyridine rings is 1. The van der Waals surface area contributed by atoms with Crippen molar-refractivity contribution in [1.82, 2.24) is 15.0 Å². The summed E-state index contributed by atoms with van der Waals surface area (Å²) in [5, 5.41) is 3.25. The molecule has 0 aliphatic heterocycles. The van der Waals surface area contributed by atoms with Crippen LogP contribution in [0.2, 0.25) is 0 Å². The van der Waals surface area contributed by atoms with Gasteiger partial charge in [0.25, 0.3) is 0 Å². The van der Waals surface area contributed by atoms with Crippen molar-refractivity contribution in [1.29, 1.82) is 0 Å². The smallest absolute Gasteiger partial charge is 0.161 e. The SMILES string of the molecule is COC(C)CNc1cc(C)nc(-c2ccncc2)n1. The number of hydrogen-bond donors (Lipinski definition) is 1. The van der Waals surface area contributed by atoms with Gasteiger partial charge in [-0.25, -0.2) is 9.97 Å². The van der Waals surface area contributed by atoms with Gasteiger partial charge in [-0.2, -0.15) is 0 Å². The molecule has 1 atom stereocenters. The summed E-state index contributed by atoms with van der Waals surface area (Å²) in [6.45, 7) is 4.67. The molecule has 2 heterocycles. The van der Waals surface area contributed by atoms with Crippen molar-refractivity contribution in [3.05, 3.63) is 36.3 Å². The number of hydrogen-bond acceptors (Lipinski definition) is 5. The summed E-state index contributed by atoms with van der Waals surface area (Å²) < 4.78 is 5.20. The van der Waals surface area contributed by atoms with Crippen molar-refractivity contribution in [2.45, 2.75) is 20.0 Å². The van der Waals surface area contributed by atoms with E-state index >= 15 is 0 Å². The third-order valence-corrected chi connectivity index (χ3v) is 2.77. The molecule has 0 radical (unpaired) electrons. The van der Waals surface area contributed by atoms with Gasteiger partial charge in [0.05, 0.1) is 6.10 Å². The number of nitrogens with one attached hydrogen (secondary N) is 1. The van der Waals surface area contributed by atoms with Gasteiger partial charge in [-0.1, -0.05) is 0 Å². The van der Waals surface area contributed by atoms with E-state index in [4.69, 9.17) is 4.74 Å². The highest BCUT2D eigenvalue weighted by Crippen LogP contribution is 2.16. The molecule has 1 N–H and O–H groups in total. The minimum absolute atomic E-state index is 0.139. The fourth-order valence-corrected chi connectivity index (χ4v) is 1.62. The topological polar surface area (TPSA) is 59.9 Å². The van der Waals surface area contributed by atoms with E-state index in [0.29, 0.717) is 12.4 Å². The highest BCUT2D eigenvalue weighted by atomic mass is 16.5. The third kappa shape index (κ3) is 3.72. The zero-order valence-corrected chi connectivity index (χ0v) is 11.4. The molecular formula is C14H18N4O. The van der Waals surface area contributed by atoms with Crippen LogP contribution in [0.25, 0.3) is 11.4 Å². The maximum Gasteiger partial charge on any atom is 0.161 e. The van der Waals surface area contributed by atoms with Gasteiger partial charge in [0, 0.05) is 43.4 Å². The van der Waals surface area contributed by atoms with E-state index < -0.39 is 0 Å². The Bertz CT molecular complexity index is 530. The molecule has 0 aromatic carbocycles.